The minimum Gasteiger partial charge on any atom is -0.398 e. The van der Waals surface area contributed by atoms with Crippen molar-refractivity contribution in [3.8, 4) is 0 Å². The van der Waals surface area contributed by atoms with E-state index >= 15 is 0 Å². The summed E-state index contributed by atoms with van der Waals surface area (Å²) in [6, 6.07) is 1.48. The van der Waals surface area contributed by atoms with Crippen LogP contribution in [0, 0.1) is 5.41 Å². The number of anilines is 1. The number of rotatable bonds is 1. The zero-order valence-electron chi connectivity index (χ0n) is 8.88. The van der Waals surface area contributed by atoms with E-state index in [4.69, 9.17) is 28.9 Å². The Morgan fingerprint density at radius 3 is 2.33 bits per heavy atom. The molecular weight excluding hydrogens is 235 g/mol. The Hall–Kier alpha value is -0.510. The zero-order valence-corrected chi connectivity index (χ0v) is 10.4. The number of pyridine rings is 1. The van der Waals surface area contributed by atoms with Gasteiger partial charge in [0.25, 0.3) is 0 Å². The number of aliphatic hydroxyl groups is 1. The molecule has 3 N–H and O–H groups in total. The molecule has 1 atom stereocenters. The normalized spacial score (nSPS) is 14.0. The fourth-order valence-corrected chi connectivity index (χ4v) is 1.76. The molecule has 1 aromatic heterocycles. The van der Waals surface area contributed by atoms with Crippen LogP contribution in [0.5, 0.6) is 0 Å². The minimum absolute atomic E-state index is 0.155. The summed E-state index contributed by atoms with van der Waals surface area (Å²) >= 11 is 11.6. The van der Waals surface area contributed by atoms with Gasteiger partial charge in [0.1, 0.15) is 10.3 Å². The lowest BCUT2D eigenvalue weighted by Crippen LogP contribution is -2.19. The lowest BCUT2D eigenvalue weighted by Gasteiger charge is -2.27. The Kier molecular flexibility index (Phi) is 3.48. The average Bonchev–Trinajstić information content (AvgIpc) is 1.99. The van der Waals surface area contributed by atoms with E-state index in [0.29, 0.717) is 11.3 Å². The monoisotopic (exact) mass is 248 g/mol. The largest absolute Gasteiger partial charge is 0.398 e. The summed E-state index contributed by atoms with van der Waals surface area (Å²) in [5.41, 5.74) is 6.20. The summed E-state index contributed by atoms with van der Waals surface area (Å²) in [6.07, 6.45) is -0.769. The molecule has 84 valence electrons. The quantitative estimate of drug-likeness (QED) is 0.752. The van der Waals surface area contributed by atoms with Crippen LogP contribution >= 0.6 is 23.2 Å². The van der Waals surface area contributed by atoms with Crippen molar-refractivity contribution in [2.24, 2.45) is 5.41 Å². The molecule has 15 heavy (non-hydrogen) atoms. The number of nitrogen functional groups attached to an aromatic ring is 1. The third-order valence-corrected chi connectivity index (χ3v) is 2.59. The fourth-order valence-electron chi connectivity index (χ4n) is 1.22. The Bertz CT molecular complexity index is 351. The Labute approximate surface area is 99.2 Å². The summed E-state index contributed by atoms with van der Waals surface area (Å²) in [5, 5.41) is 10.4. The average molecular weight is 249 g/mol. The molecule has 1 rings (SSSR count). The van der Waals surface area contributed by atoms with E-state index in [1.54, 1.807) is 0 Å². The van der Waals surface area contributed by atoms with Crippen LogP contribution in [0.2, 0.25) is 10.3 Å². The van der Waals surface area contributed by atoms with Crippen molar-refractivity contribution in [1.29, 1.82) is 0 Å². The second-order valence-electron chi connectivity index (χ2n) is 4.51. The van der Waals surface area contributed by atoms with Crippen LogP contribution in [0.1, 0.15) is 32.4 Å². The first-order valence-electron chi connectivity index (χ1n) is 4.53. The van der Waals surface area contributed by atoms with E-state index in [1.807, 2.05) is 20.8 Å². The van der Waals surface area contributed by atoms with Crippen molar-refractivity contribution < 1.29 is 5.11 Å². The molecule has 1 heterocycles. The highest BCUT2D eigenvalue weighted by molar-refractivity contribution is 6.33. The Morgan fingerprint density at radius 2 is 1.93 bits per heavy atom. The first-order valence-corrected chi connectivity index (χ1v) is 5.28. The van der Waals surface area contributed by atoms with Gasteiger partial charge < -0.3 is 10.8 Å². The maximum Gasteiger partial charge on any atom is 0.138 e. The highest BCUT2D eigenvalue weighted by Gasteiger charge is 2.28. The summed E-state index contributed by atoms with van der Waals surface area (Å²) in [6.45, 7) is 5.67. The van der Waals surface area contributed by atoms with Gasteiger partial charge in [-0.05, 0) is 11.5 Å². The first kappa shape index (κ1) is 12.6. The van der Waals surface area contributed by atoms with Crippen molar-refractivity contribution in [2.45, 2.75) is 26.9 Å². The van der Waals surface area contributed by atoms with E-state index in [2.05, 4.69) is 4.98 Å². The van der Waals surface area contributed by atoms with Crippen LogP contribution < -0.4 is 5.73 Å². The van der Waals surface area contributed by atoms with E-state index in [0.717, 1.165) is 0 Å². The SMILES string of the molecule is CC(C)(C)C(O)c1c(N)cc(Cl)nc1Cl. The predicted octanol–water partition coefficient (Wildman–Crippen LogP) is 3.05. The molecular formula is C10H14Cl2N2O. The van der Waals surface area contributed by atoms with Crippen molar-refractivity contribution in [3.05, 3.63) is 21.9 Å². The topological polar surface area (TPSA) is 59.1 Å². The summed E-state index contributed by atoms with van der Waals surface area (Å²) < 4.78 is 0. The molecule has 1 aromatic rings. The predicted molar refractivity (Wildman–Crippen MR) is 63.1 cm³/mol. The summed E-state index contributed by atoms with van der Waals surface area (Å²) in [5.74, 6) is 0. The van der Waals surface area contributed by atoms with E-state index in [-0.39, 0.29) is 15.7 Å². The minimum atomic E-state index is -0.769. The van der Waals surface area contributed by atoms with Gasteiger partial charge in [-0.25, -0.2) is 4.98 Å². The van der Waals surface area contributed by atoms with Crippen molar-refractivity contribution >= 4 is 28.9 Å². The number of hydrogen-bond acceptors (Lipinski definition) is 3. The van der Waals surface area contributed by atoms with E-state index in [1.165, 1.54) is 6.07 Å². The van der Waals surface area contributed by atoms with Gasteiger partial charge in [-0.2, -0.15) is 0 Å². The first-order chi connectivity index (χ1) is 6.73. The second-order valence-corrected chi connectivity index (χ2v) is 5.25. The fraction of sp³-hybridized carbons (Fsp3) is 0.500. The Morgan fingerprint density at radius 1 is 1.40 bits per heavy atom. The molecule has 0 aliphatic heterocycles. The number of hydrogen-bond donors (Lipinski definition) is 2. The van der Waals surface area contributed by atoms with Gasteiger partial charge >= 0.3 is 0 Å². The number of halogens is 2. The third-order valence-electron chi connectivity index (χ3n) is 2.11. The lowest BCUT2D eigenvalue weighted by atomic mass is 9.85. The number of nitrogens with zero attached hydrogens (tertiary/aromatic N) is 1. The Balaban J connectivity index is 3.26. The highest BCUT2D eigenvalue weighted by Crippen LogP contribution is 2.39. The number of aromatic nitrogens is 1. The molecule has 0 saturated carbocycles. The molecule has 0 aliphatic rings. The van der Waals surface area contributed by atoms with Crippen molar-refractivity contribution in [1.82, 2.24) is 4.98 Å². The lowest BCUT2D eigenvalue weighted by molar-refractivity contribution is 0.0631. The van der Waals surface area contributed by atoms with Crippen LogP contribution in [0.25, 0.3) is 0 Å². The molecule has 0 aromatic carbocycles. The standard InChI is InChI=1S/C10H14Cl2N2O/c1-10(2,3)8(15)7-5(13)4-6(11)14-9(7)12/h4,8,15H,1-3H3,(H2,13,14). The third kappa shape index (κ3) is 2.74. The maximum atomic E-state index is 10.1. The molecule has 0 bridgehead atoms. The maximum absolute atomic E-state index is 10.1. The molecule has 0 radical (unpaired) electrons. The van der Waals surface area contributed by atoms with E-state index < -0.39 is 6.10 Å². The van der Waals surface area contributed by atoms with Gasteiger partial charge in [0, 0.05) is 11.3 Å². The van der Waals surface area contributed by atoms with Gasteiger partial charge in [-0.1, -0.05) is 44.0 Å². The molecule has 0 aliphatic carbocycles. The molecule has 0 fully saturated rings. The van der Waals surface area contributed by atoms with Crippen LogP contribution in [0.15, 0.2) is 6.07 Å². The highest BCUT2D eigenvalue weighted by atomic mass is 35.5. The van der Waals surface area contributed by atoms with Gasteiger partial charge in [0.2, 0.25) is 0 Å². The number of aliphatic hydroxyl groups excluding tert-OH is 1. The van der Waals surface area contributed by atoms with Crippen LogP contribution in [0.4, 0.5) is 5.69 Å². The molecule has 0 saturated heterocycles. The van der Waals surface area contributed by atoms with E-state index in [9.17, 15) is 5.11 Å². The molecule has 3 nitrogen and oxygen atoms in total. The second kappa shape index (κ2) is 4.16. The van der Waals surface area contributed by atoms with Gasteiger partial charge in [0.05, 0.1) is 6.10 Å². The smallest absolute Gasteiger partial charge is 0.138 e. The van der Waals surface area contributed by atoms with Crippen molar-refractivity contribution in [2.75, 3.05) is 5.73 Å². The van der Waals surface area contributed by atoms with Crippen molar-refractivity contribution in [3.63, 3.8) is 0 Å². The van der Waals surface area contributed by atoms with Gasteiger partial charge in [0.15, 0.2) is 0 Å². The zero-order chi connectivity index (χ0) is 11.8. The van der Waals surface area contributed by atoms with Gasteiger partial charge in [-0.3, -0.25) is 0 Å². The molecule has 1 unspecified atom stereocenters. The summed E-state index contributed by atoms with van der Waals surface area (Å²) in [7, 11) is 0. The van der Waals surface area contributed by atoms with Crippen LogP contribution in [-0.2, 0) is 0 Å². The number of nitrogens with two attached hydrogens (primary N) is 1. The molecule has 5 heteroatoms. The molecule has 0 amide bonds. The van der Waals surface area contributed by atoms with Crippen LogP contribution in [0.3, 0.4) is 0 Å². The van der Waals surface area contributed by atoms with Gasteiger partial charge in [-0.15, -0.1) is 0 Å². The van der Waals surface area contributed by atoms with Crippen LogP contribution in [-0.4, -0.2) is 10.1 Å². The molecule has 0 spiro atoms. The summed E-state index contributed by atoms with van der Waals surface area (Å²) in [4.78, 5) is 3.86.